The Balaban J connectivity index is 0.00000180. The van der Waals surface area contributed by atoms with Crippen LogP contribution < -0.4 is 39.4 Å². The number of hydrogen-bond donors (Lipinski definition) is 0. The Labute approximate surface area is 133 Å². The van der Waals surface area contributed by atoms with E-state index in [1.54, 1.807) is 20.1 Å². The van der Waals surface area contributed by atoms with Crippen LogP contribution in [0.4, 0.5) is 0 Å². The zero-order chi connectivity index (χ0) is 13.1. The van der Waals surface area contributed by atoms with Crippen LogP contribution in [0.2, 0.25) is 0 Å². The zero-order valence-electron chi connectivity index (χ0n) is 11.1. The van der Waals surface area contributed by atoms with Gasteiger partial charge < -0.3 is 14.6 Å². The summed E-state index contributed by atoms with van der Waals surface area (Å²) in [5, 5.41) is 10.8. The van der Waals surface area contributed by atoms with Gasteiger partial charge in [0.2, 0.25) is 0 Å². The predicted molar refractivity (Wildman–Crippen MR) is 65.3 cm³/mol. The Bertz CT molecular complexity index is 582. The number of carboxylic acids is 1. The molecule has 0 amide bonds. The van der Waals surface area contributed by atoms with Gasteiger partial charge in [0.05, 0.1) is 18.8 Å². The Kier molecular flexibility index (Phi) is 5.54. The van der Waals surface area contributed by atoms with Gasteiger partial charge in [0, 0.05) is 16.8 Å². The van der Waals surface area contributed by atoms with Crippen molar-refractivity contribution in [3.8, 4) is 17.0 Å². The van der Waals surface area contributed by atoms with E-state index in [0.717, 1.165) is 17.0 Å². The maximum atomic E-state index is 10.8. The first-order chi connectivity index (χ1) is 8.61. The summed E-state index contributed by atoms with van der Waals surface area (Å²) in [5.41, 5.74) is 2.19. The van der Waals surface area contributed by atoms with E-state index in [4.69, 9.17) is 4.74 Å². The van der Waals surface area contributed by atoms with Crippen LogP contribution in [-0.2, 0) is 0 Å². The van der Waals surface area contributed by atoms with Crippen LogP contribution in [0.3, 0.4) is 0 Å². The third kappa shape index (κ3) is 3.56. The summed E-state index contributed by atoms with van der Waals surface area (Å²) >= 11 is 0. The van der Waals surface area contributed by atoms with Gasteiger partial charge in [-0.15, -0.1) is 0 Å². The second-order valence-electron chi connectivity index (χ2n) is 3.85. The van der Waals surface area contributed by atoms with Crippen molar-refractivity contribution in [2.24, 2.45) is 0 Å². The van der Waals surface area contributed by atoms with Crippen molar-refractivity contribution in [1.82, 2.24) is 4.98 Å². The van der Waals surface area contributed by atoms with Crippen molar-refractivity contribution >= 4 is 5.97 Å². The third-order valence-electron chi connectivity index (χ3n) is 2.69. The Morgan fingerprint density at radius 2 is 1.79 bits per heavy atom. The molecule has 0 atom stereocenters. The molecule has 2 aromatic rings. The number of aromatic nitrogens is 1. The number of nitrogens with zero attached hydrogens (tertiary/aromatic N) is 1. The fourth-order valence-electron chi connectivity index (χ4n) is 1.70. The summed E-state index contributed by atoms with van der Waals surface area (Å²) in [4.78, 5) is 15.0. The molecule has 0 bridgehead atoms. The smallest absolute Gasteiger partial charge is 0.545 e. The normalized spacial score (nSPS) is 9.58. The first-order valence-electron chi connectivity index (χ1n) is 5.45. The van der Waals surface area contributed by atoms with Crippen molar-refractivity contribution in [2.45, 2.75) is 6.92 Å². The van der Waals surface area contributed by atoms with Crippen LogP contribution in [0, 0.1) is 6.92 Å². The minimum absolute atomic E-state index is 0. The number of ether oxygens (including phenoxy) is 1. The minimum Gasteiger partial charge on any atom is -0.545 e. The number of hydrogen-bond acceptors (Lipinski definition) is 4. The zero-order valence-corrected chi connectivity index (χ0v) is 13.1. The van der Waals surface area contributed by atoms with E-state index >= 15 is 0 Å². The van der Waals surface area contributed by atoms with E-state index in [0.29, 0.717) is 5.69 Å². The number of carboxylic acid groups (broad SMARTS) is 1. The average molecular weight is 265 g/mol. The molecule has 0 fully saturated rings. The molecule has 5 heteroatoms. The van der Waals surface area contributed by atoms with Crippen LogP contribution in [0.1, 0.15) is 16.1 Å². The largest absolute Gasteiger partial charge is 1.00 e. The molecule has 2 rings (SSSR count). The van der Waals surface area contributed by atoms with Crippen LogP contribution in [0.5, 0.6) is 5.75 Å². The molecule has 1 aromatic carbocycles. The quantitative estimate of drug-likeness (QED) is 0.629. The van der Waals surface area contributed by atoms with Crippen LogP contribution in [0.25, 0.3) is 11.3 Å². The fourth-order valence-corrected chi connectivity index (χ4v) is 1.70. The first-order valence-corrected chi connectivity index (χ1v) is 5.45. The number of carbonyl (C=O) groups excluding carboxylic acids is 1. The van der Waals surface area contributed by atoms with Gasteiger partial charge in [-0.25, -0.2) is 0 Å². The van der Waals surface area contributed by atoms with Gasteiger partial charge in [0.25, 0.3) is 0 Å². The monoisotopic (exact) mass is 265 g/mol. The Hall–Kier alpha value is -1.36. The molecular weight excluding hydrogens is 253 g/mol. The van der Waals surface area contributed by atoms with Crippen LogP contribution >= 0.6 is 0 Å². The molecule has 0 N–H and O–H groups in total. The summed E-state index contributed by atoms with van der Waals surface area (Å²) in [6, 6.07) is 10.6. The Morgan fingerprint density at radius 3 is 2.26 bits per heavy atom. The molecule has 0 unspecified atom stereocenters. The van der Waals surface area contributed by atoms with Gasteiger partial charge in [-0.3, -0.25) is 4.98 Å². The van der Waals surface area contributed by atoms with Gasteiger partial charge in [-0.05, 0) is 43.3 Å². The number of aromatic carboxylic acids is 1. The number of rotatable bonds is 3. The van der Waals surface area contributed by atoms with Crippen molar-refractivity contribution < 1.29 is 44.2 Å². The second-order valence-corrected chi connectivity index (χ2v) is 3.85. The molecule has 92 valence electrons. The number of methoxy groups -OCH3 is 1. The van der Waals surface area contributed by atoms with Gasteiger partial charge in [0.1, 0.15) is 5.75 Å². The van der Waals surface area contributed by atoms with E-state index in [2.05, 4.69) is 4.98 Å². The number of aryl methyl sites for hydroxylation is 1. The predicted octanol–water partition coefficient (Wildman–Crippen LogP) is -1.57. The molecule has 0 aliphatic rings. The van der Waals surface area contributed by atoms with Crippen molar-refractivity contribution in [2.75, 3.05) is 7.11 Å². The molecule has 0 aliphatic carbocycles. The molecule has 0 radical (unpaired) electrons. The third-order valence-corrected chi connectivity index (χ3v) is 2.69. The Morgan fingerprint density at radius 1 is 1.16 bits per heavy atom. The topological polar surface area (TPSA) is 62.2 Å². The number of benzene rings is 1. The van der Waals surface area contributed by atoms with Gasteiger partial charge >= 0.3 is 29.6 Å². The second kappa shape index (κ2) is 6.70. The number of carbonyl (C=O) groups is 1. The fraction of sp³-hybridized carbons (Fsp3) is 0.143. The summed E-state index contributed by atoms with van der Waals surface area (Å²) in [7, 11) is 1.60. The molecule has 0 saturated heterocycles. The first kappa shape index (κ1) is 15.7. The van der Waals surface area contributed by atoms with E-state index < -0.39 is 5.97 Å². The van der Waals surface area contributed by atoms with Gasteiger partial charge in [0.15, 0.2) is 0 Å². The van der Waals surface area contributed by atoms with E-state index in [1.165, 1.54) is 6.07 Å². The summed E-state index contributed by atoms with van der Waals surface area (Å²) in [5.74, 6) is -0.442. The van der Waals surface area contributed by atoms with Gasteiger partial charge in [-0.1, -0.05) is 0 Å². The van der Waals surface area contributed by atoms with Gasteiger partial charge in [-0.2, -0.15) is 0 Å². The van der Waals surface area contributed by atoms with E-state index in [1.807, 2.05) is 24.3 Å². The molecule has 4 nitrogen and oxygen atoms in total. The van der Waals surface area contributed by atoms with E-state index in [9.17, 15) is 9.90 Å². The van der Waals surface area contributed by atoms with Crippen molar-refractivity contribution in [3.63, 3.8) is 0 Å². The molecular formula is C14H12NNaO3. The molecule has 1 heterocycles. The molecule has 0 aliphatic heterocycles. The number of pyridine rings is 1. The maximum Gasteiger partial charge on any atom is 1.00 e. The van der Waals surface area contributed by atoms with Crippen molar-refractivity contribution in [3.05, 3.63) is 47.7 Å². The van der Waals surface area contributed by atoms with E-state index in [-0.39, 0.29) is 35.1 Å². The molecule has 0 spiro atoms. The SMILES string of the molecule is COc1ccc(-c2ccc(C(=O)[O-])c(C)n2)cc1.[Na+]. The van der Waals surface area contributed by atoms with Crippen LogP contribution in [0.15, 0.2) is 36.4 Å². The standard InChI is InChI=1S/C14H13NO3.Na/c1-9-12(14(16)17)7-8-13(15-9)10-3-5-11(18-2)6-4-10;/h3-8H,1-2H3,(H,16,17);/q;+1/p-1. The average Bonchev–Trinajstić information content (AvgIpc) is 2.38. The molecule has 19 heavy (non-hydrogen) atoms. The maximum absolute atomic E-state index is 10.8. The van der Waals surface area contributed by atoms with Crippen LogP contribution in [-0.4, -0.2) is 18.1 Å². The summed E-state index contributed by atoms with van der Waals surface area (Å²) in [6.45, 7) is 1.65. The molecule has 1 aromatic heterocycles. The summed E-state index contributed by atoms with van der Waals surface area (Å²) in [6.07, 6.45) is 0. The molecule has 0 saturated carbocycles. The summed E-state index contributed by atoms with van der Waals surface area (Å²) < 4.78 is 5.07. The van der Waals surface area contributed by atoms with Crippen molar-refractivity contribution in [1.29, 1.82) is 0 Å². The minimum atomic E-state index is -1.21.